The Morgan fingerprint density at radius 1 is 1.15 bits per heavy atom. The second kappa shape index (κ2) is 8.57. The molecule has 0 amide bonds. The molecule has 2 bridgehead atoms. The number of aryl methyl sites for hydroxylation is 2. The number of hydrogen-bond acceptors (Lipinski definition) is 9. The van der Waals surface area contributed by atoms with Crippen LogP contribution in [0.15, 0.2) is 51.8 Å². The molecule has 1 aromatic carbocycles. The first-order valence-corrected chi connectivity index (χ1v) is 13.9. The van der Waals surface area contributed by atoms with Crippen LogP contribution < -0.4 is 15.9 Å². The summed E-state index contributed by atoms with van der Waals surface area (Å²) in [4.78, 5) is 31.0. The van der Waals surface area contributed by atoms with E-state index < -0.39 is 29.2 Å². The second-order valence-corrected chi connectivity index (χ2v) is 12.0. The SMILES string of the molecule is Cc1cc(=O)c2c(O)c3c(cc2o1)OC(C)(C)[C@@H]1OC(=O)[C@@]2(O[C@@H]2CCc2ccnc(N)c2)[C@@H]2C=C[C@@H](CC2)[C@H]31. The van der Waals surface area contributed by atoms with Crippen LogP contribution in [0.1, 0.15) is 55.9 Å². The number of nitrogen functional groups attached to an aromatic ring is 1. The van der Waals surface area contributed by atoms with Gasteiger partial charge < -0.3 is 29.5 Å². The molecule has 2 saturated heterocycles. The number of hydrogen-bond donors (Lipinski definition) is 2. The third-order valence-electron chi connectivity index (χ3n) is 9.10. The monoisotopic (exact) mass is 544 g/mol. The Morgan fingerprint density at radius 3 is 2.73 bits per heavy atom. The van der Waals surface area contributed by atoms with E-state index in [4.69, 9.17) is 24.4 Å². The number of phenols is 1. The number of esters is 1. The summed E-state index contributed by atoms with van der Waals surface area (Å²) >= 11 is 0. The normalized spacial score (nSPS) is 31.5. The first-order valence-electron chi connectivity index (χ1n) is 13.9. The number of ether oxygens (including phenoxy) is 3. The van der Waals surface area contributed by atoms with E-state index in [-0.39, 0.29) is 40.1 Å². The van der Waals surface area contributed by atoms with Crippen LogP contribution in [0.2, 0.25) is 0 Å². The number of aromatic hydroxyl groups is 1. The number of allylic oxidation sites excluding steroid dienone is 1. The summed E-state index contributed by atoms with van der Waals surface area (Å²) in [7, 11) is 0. The standard InChI is InChI=1S/C31H32N2O7/c1-15-12-19(34)25-20(37-15)14-21-26(27(25)35)24-17-5-7-18(8-6-17)31(29(36)38-28(24)30(2,3)39-21)22(40-31)9-4-16-10-11-33-23(32)13-16/h5,7,10-14,17-18,22,24,28,35H,4,6,8-9H2,1-3H3,(H2,32,33)/t17-,18+,22+,24+,28+,31+/m0/s1. The molecule has 0 saturated carbocycles. The van der Waals surface area contributed by atoms with Gasteiger partial charge in [-0.2, -0.15) is 0 Å². The van der Waals surface area contributed by atoms with Crippen molar-refractivity contribution in [2.24, 2.45) is 11.8 Å². The molecule has 5 aliphatic rings. The zero-order valence-electron chi connectivity index (χ0n) is 22.7. The number of nitrogens with zero attached hydrogens (tertiary/aromatic N) is 1. The first-order chi connectivity index (χ1) is 19.1. The van der Waals surface area contributed by atoms with Gasteiger partial charge in [-0.3, -0.25) is 4.79 Å². The molecule has 1 aliphatic carbocycles. The molecule has 40 heavy (non-hydrogen) atoms. The Balaban J connectivity index is 1.28. The van der Waals surface area contributed by atoms with E-state index in [2.05, 4.69) is 17.1 Å². The number of phenolic OH excluding ortho intramolecular Hbond substituents is 1. The van der Waals surface area contributed by atoms with Crippen molar-refractivity contribution in [3.05, 3.63) is 69.7 Å². The molecule has 3 aromatic rings. The highest BCUT2D eigenvalue weighted by molar-refractivity contribution is 5.88. The fraction of sp³-hybridized carbons (Fsp3) is 0.452. The van der Waals surface area contributed by atoms with Gasteiger partial charge in [0, 0.05) is 35.7 Å². The van der Waals surface area contributed by atoms with Crippen molar-refractivity contribution in [1.29, 1.82) is 0 Å². The van der Waals surface area contributed by atoms with Crippen LogP contribution in [0.3, 0.4) is 0 Å². The van der Waals surface area contributed by atoms with Crippen LogP contribution >= 0.6 is 0 Å². The highest BCUT2D eigenvalue weighted by Crippen LogP contribution is 2.58. The molecule has 6 heterocycles. The summed E-state index contributed by atoms with van der Waals surface area (Å²) in [5.41, 5.74) is 5.31. The number of pyridine rings is 1. The van der Waals surface area contributed by atoms with Crippen molar-refractivity contribution in [3.63, 3.8) is 0 Å². The van der Waals surface area contributed by atoms with E-state index in [1.165, 1.54) is 6.07 Å². The van der Waals surface area contributed by atoms with E-state index >= 15 is 0 Å². The summed E-state index contributed by atoms with van der Waals surface area (Å²) in [5, 5.41) is 11.6. The molecule has 2 aromatic heterocycles. The van der Waals surface area contributed by atoms with E-state index in [0.29, 0.717) is 35.7 Å². The second-order valence-electron chi connectivity index (χ2n) is 12.0. The number of fused-ring (bicyclic) bond motifs is 4. The van der Waals surface area contributed by atoms with Crippen LogP contribution in [0.25, 0.3) is 11.0 Å². The minimum absolute atomic E-state index is 0.0380. The Kier molecular flexibility index (Phi) is 5.39. The Hall–Kier alpha value is -3.85. The van der Waals surface area contributed by atoms with Crippen LogP contribution in [-0.2, 0) is 20.7 Å². The van der Waals surface area contributed by atoms with Gasteiger partial charge in [-0.1, -0.05) is 12.2 Å². The highest BCUT2D eigenvalue weighted by Gasteiger charge is 2.69. The number of rotatable bonds is 3. The van der Waals surface area contributed by atoms with Gasteiger partial charge in [-0.05, 0) is 70.1 Å². The van der Waals surface area contributed by atoms with Gasteiger partial charge in [0.15, 0.2) is 11.0 Å². The molecule has 3 N–H and O–H groups in total. The van der Waals surface area contributed by atoms with Gasteiger partial charge in [-0.25, -0.2) is 9.78 Å². The van der Waals surface area contributed by atoms with Crippen molar-refractivity contribution >= 4 is 22.8 Å². The molecule has 208 valence electrons. The molecular weight excluding hydrogens is 512 g/mol. The molecule has 8 rings (SSSR count). The van der Waals surface area contributed by atoms with Gasteiger partial charge in [0.1, 0.15) is 45.8 Å². The molecule has 9 heteroatoms. The molecule has 9 nitrogen and oxygen atoms in total. The predicted octanol–water partition coefficient (Wildman–Crippen LogP) is 4.32. The highest BCUT2D eigenvalue weighted by atomic mass is 16.7. The lowest BCUT2D eigenvalue weighted by molar-refractivity contribution is -0.172. The maximum Gasteiger partial charge on any atom is 0.342 e. The average molecular weight is 545 g/mol. The van der Waals surface area contributed by atoms with Crippen LogP contribution in [0.5, 0.6) is 11.5 Å². The van der Waals surface area contributed by atoms with E-state index in [1.54, 1.807) is 19.2 Å². The number of aromatic nitrogens is 1. The van der Waals surface area contributed by atoms with Crippen LogP contribution in [0.4, 0.5) is 5.82 Å². The van der Waals surface area contributed by atoms with Crippen LogP contribution in [-0.4, -0.2) is 39.5 Å². The van der Waals surface area contributed by atoms with Gasteiger partial charge in [0.05, 0.1) is 6.10 Å². The number of carbonyl (C=O) groups excluding carboxylic acids is 1. The lowest BCUT2D eigenvalue weighted by Gasteiger charge is -2.46. The van der Waals surface area contributed by atoms with Crippen molar-refractivity contribution in [2.75, 3.05) is 5.73 Å². The van der Waals surface area contributed by atoms with Crippen molar-refractivity contribution in [3.8, 4) is 11.5 Å². The Labute approximate surface area is 230 Å². The zero-order valence-corrected chi connectivity index (χ0v) is 22.7. The first kappa shape index (κ1) is 25.1. The minimum Gasteiger partial charge on any atom is -0.507 e. The van der Waals surface area contributed by atoms with E-state index in [9.17, 15) is 14.7 Å². The molecule has 2 fully saturated rings. The topological polar surface area (TPSA) is 137 Å². The van der Waals surface area contributed by atoms with Crippen LogP contribution in [0, 0.1) is 18.8 Å². The summed E-state index contributed by atoms with van der Waals surface area (Å²) in [6.07, 6.45) is 7.73. The third-order valence-corrected chi connectivity index (χ3v) is 9.10. The van der Waals surface area contributed by atoms with Crippen molar-refractivity contribution < 1.29 is 28.5 Å². The number of nitrogens with two attached hydrogens (primary N) is 1. The maximum atomic E-state index is 14.0. The summed E-state index contributed by atoms with van der Waals surface area (Å²) in [6, 6.07) is 6.79. The lowest BCUT2D eigenvalue weighted by Crippen LogP contribution is -2.53. The molecule has 4 aliphatic heterocycles. The maximum absolute atomic E-state index is 14.0. The number of epoxide rings is 1. The molecule has 6 atom stereocenters. The zero-order chi connectivity index (χ0) is 28.0. The Bertz CT molecular complexity index is 1640. The summed E-state index contributed by atoms with van der Waals surface area (Å²) in [6.45, 7) is 5.46. The fourth-order valence-electron chi connectivity index (χ4n) is 7.19. The lowest BCUT2D eigenvalue weighted by atomic mass is 9.69. The molecular formula is C31H32N2O7. The Morgan fingerprint density at radius 2 is 1.98 bits per heavy atom. The molecule has 0 unspecified atom stereocenters. The van der Waals surface area contributed by atoms with Gasteiger partial charge in [0.25, 0.3) is 0 Å². The van der Waals surface area contributed by atoms with E-state index in [1.807, 2.05) is 26.0 Å². The smallest absolute Gasteiger partial charge is 0.342 e. The molecule has 0 radical (unpaired) electrons. The van der Waals surface area contributed by atoms with Gasteiger partial charge >= 0.3 is 5.97 Å². The molecule has 1 spiro atoms. The predicted molar refractivity (Wildman–Crippen MR) is 146 cm³/mol. The number of carbonyl (C=O) groups is 1. The third kappa shape index (κ3) is 3.67. The van der Waals surface area contributed by atoms with Gasteiger partial charge in [-0.15, -0.1) is 0 Å². The minimum atomic E-state index is -1.06. The number of anilines is 1. The largest absolute Gasteiger partial charge is 0.507 e. The summed E-state index contributed by atoms with van der Waals surface area (Å²) in [5.74, 6) is 0.177. The van der Waals surface area contributed by atoms with E-state index in [0.717, 1.165) is 18.4 Å². The summed E-state index contributed by atoms with van der Waals surface area (Å²) < 4.78 is 24.8. The fourth-order valence-corrected chi connectivity index (χ4v) is 7.19. The quantitative estimate of drug-likeness (QED) is 0.281. The van der Waals surface area contributed by atoms with Gasteiger partial charge in [0.2, 0.25) is 0 Å². The van der Waals surface area contributed by atoms with Crippen molar-refractivity contribution in [1.82, 2.24) is 4.98 Å². The van der Waals surface area contributed by atoms with Crippen molar-refractivity contribution in [2.45, 2.75) is 75.8 Å². The number of benzene rings is 1. The average Bonchev–Trinajstić information content (AvgIpc) is 3.61.